The van der Waals surface area contributed by atoms with E-state index in [4.69, 9.17) is 15.0 Å². The van der Waals surface area contributed by atoms with Crippen molar-refractivity contribution in [3.8, 4) is 0 Å². The van der Waals surface area contributed by atoms with Gasteiger partial charge >= 0.3 is 0 Å². The van der Waals surface area contributed by atoms with E-state index >= 15 is 0 Å². The van der Waals surface area contributed by atoms with Crippen LogP contribution in [0.5, 0.6) is 0 Å². The van der Waals surface area contributed by atoms with Crippen LogP contribution < -0.4 is 9.62 Å². The van der Waals surface area contributed by atoms with Crippen LogP contribution in [0.3, 0.4) is 0 Å². The van der Waals surface area contributed by atoms with E-state index in [9.17, 15) is 8.42 Å². The number of anilines is 1. The molecule has 1 aliphatic rings. The number of sulfonamides is 1. The molecule has 3 aromatic carbocycles. The number of aliphatic imine (C=N–C) groups is 3. The number of amidine groups is 2. The topological polar surface area (TPSA) is 86.5 Å². The van der Waals surface area contributed by atoms with Crippen LogP contribution in [0.4, 0.5) is 11.4 Å². The summed E-state index contributed by atoms with van der Waals surface area (Å²) < 4.78 is 25.1. The van der Waals surface area contributed by atoms with Crippen molar-refractivity contribution in [3.05, 3.63) is 95.6 Å². The van der Waals surface area contributed by atoms with Gasteiger partial charge in [-0.1, -0.05) is 60.7 Å². The molecule has 4 rings (SSSR count). The lowest BCUT2D eigenvalue weighted by atomic mass is 10.1. The van der Waals surface area contributed by atoms with Crippen LogP contribution in [-0.2, 0) is 10.0 Å². The number of benzene rings is 3. The Morgan fingerprint density at radius 2 is 1.56 bits per heavy atom. The second kappa shape index (κ2) is 10.1. The molecule has 7 nitrogen and oxygen atoms in total. The molecule has 0 saturated carbocycles. The van der Waals surface area contributed by atoms with Crippen molar-refractivity contribution in [2.24, 2.45) is 15.0 Å². The second-order valence-electron chi connectivity index (χ2n) is 8.12. The van der Waals surface area contributed by atoms with Gasteiger partial charge in [-0.05, 0) is 30.7 Å². The predicted octanol–water partition coefficient (Wildman–Crippen LogP) is 3.96. The lowest BCUT2D eigenvalue weighted by molar-refractivity contribution is 0.587. The SMILES string of the molecule is Cc1cc(N(C)CCNS(C)(=O)=O)ccc1N=C1N=C(c2ccccc2)N=C1c1ccccc1. The van der Waals surface area contributed by atoms with E-state index in [1.54, 1.807) is 0 Å². The molecule has 0 radical (unpaired) electrons. The van der Waals surface area contributed by atoms with Gasteiger partial charge in [-0.15, -0.1) is 0 Å². The molecule has 0 unspecified atom stereocenters. The van der Waals surface area contributed by atoms with Crippen LogP contribution in [0.1, 0.15) is 16.7 Å². The van der Waals surface area contributed by atoms with Gasteiger partial charge in [-0.2, -0.15) is 0 Å². The summed E-state index contributed by atoms with van der Waals surface area (Å²) in [6, 6.07) is 25.8. The Hall–Kier alpha value is -3.62. The number of aryl methyl sites for hydroxylation is 1. The van der Waals surface area contributed by atoms with Crippen molar-refractivity contribution in [2.75, 3.05) is 31.3 Å². The molecule has 34 heavy (non-hydrogen) atoms. The zero-order valence-electron chi connectivity index (χ0n) is 19.4. The van der Waals surface area contributed by atoms with Crippen LogP contribution >= 0.6 is 0 Å². The highest BCUT2D eigenvalue weighted by atomic mass is 32.2. The third-order valence-electron chi connectivity index (χ3n) is 5.38. The zero-order chi connectivity index (χ0) is 24.1. The quantitative estimate of drug-likeness (QED) is 0.537. The molecular formula is C26H27N5O2S. The van der Waals surface area contributed by atoms with Gasteiger partial charge in [0, 0.05) is 37.0 Å². The second-order valence-corrected chi connectivity index (χ2v) is 9.96. The Labute approximate surface area is 200 Å². The van der Waals surface area contributed by atoms with E-state index in [0.29, 0.717) is 24.8 Å². The Kier molecular flexibility index (Phi) is 7.00. The summed E-state index contributed by atoms with van der Waals surface area (Å²) in [7, 11) is -1.27. The minimum absolute atomic E-state index is 0.340. The van der Waals surface area contributed by atoms with Crippen LogP contribution in [0, 0.1) is 6.92 Å². The molecule has 0 amide bonds. The summed E-state index contributed by atoms with van der Waals surface area (Å²) in [5.74, 6) is 1.22. The predicted molar refractivity (Wildman–Crippen MR) is 140 cm³/mol. The van der Waals surface area contributed by atoms with Gasteiger partial charge in [0.15, 0.2) is 11.7 Å². The molecule has 0 aromatic heterocycles. The van der Waals surface area contributed by atoms with Crippen LogP contribution in [0.15, 0.2) is 93.8 Å². The monoisotopic (exact) mass is 473 g/mol. The fourth-order valence-electron chi connectivity index (χ4n) is 3.56. The Morgan fingerprint density at radius 1 is 0.912 bits per heavy atom. The van der Waals surface area contributed by atoms with E-state index in [1.165, 1.54) is 0 Å². The normalized spacial score (nSPS) is 14.7. The maximum atomic E-state index is 11.3. The number of rotatable bonds is 8. The summed E-state index contributed by atoms with van der Waals surface area (Å²) in [4.78, 5) is 16.4. The number of nitrogens with one attached hydrogen (secondary N) is 1. The van der Waals surface area contributed by atoms with Crippen LogP contribution in [0.25, 0.3) is 0 Å². The first-order valence-corrected chi connectivity index (χ1v) is 12.8. The molecule has 0 fully saturated rings. The summed E-state index contributed by atoms with van der Waals surface area (Å²) >= 11 is 0. The molecule has 3 aromatic rings. The summed E-state index contributed by atoms with van der Waals surface area (Å²) in [5, 5.41) is 0. The smallest absolute Gasteiger partial charge is 0.208 e. The van der Waals surface area contributed by atoms with Crippen molar-refractivity contribution < 1.29 is 8.42 Å². The lowest BCUT2D eigenvalue weighted by Gasteiger charge is -2.20. The standard InChI is InChI=1S/C26H27N5O2S/c1-19-18-22(31(2)17-16-27-34(3,32)33)14-15-23(19)28-26-24(20-10-6-4-7-11-20)29-25(30-26)21-12-8-5-9-13-21/h4-15,18,27H,16-17H2,1-3H3. The molecule has 1 heterocycles. The minimum atomic E-state index is -3.20. The fraction of sp³-hybridized carbons (Fsp3) is 0.192. The average Bonchev–Trinajstić information content (AvgIpc) is 3.24. The van der Waals surface area contributed by atoms with Crippen molar-refractivity contribution in [1.29, 1.82) is 0 Å². The van der Waals surface area contributed by atoms with Gasteiger partial charge in [0.2, 0.25) is 10.0 Å². The summed E-state index contributed by atoms with van der Waals surface area (Å²) in [6.07, 6.45) is 1.16. The largest absolute Gasteiger partial charge is 0.373 e. The van der Waals surface area contributed by atoms with Crippen molar-refractivity contribution >= 4 is 38.8 Å². The highest BCUT2D eigenvalue weighted by molar-refractivity contribution is 7.88. The zero-order valence-corrected chi connectivity index (χ0v) is 20.2. The fourth-order valence-corrected chi connectivity index (χ4v) is 4.02. The van der Waals surface area contributed by atoms with E-state index in [2.05, 4.69) is 4.72 Å². The molecule has 0 bridgehead atoms. The first-order valence-electron chi connectivity index (χ1n) is 10.9. The van der Waals surface area contributed by atoms with Crippen molar-refractivity contribution in [1.82, 2.24) is 4.72 Å². The van der Waals surface area contributed by atoms with Crippen LogP contribution in [0.2, 0.25) is 0 Å². The van der Waals surface area contributed by atoms with E-state index in [-0.39, 0.29) is 0 Å². The third kappa shape index (κ3) is 5.84. The molecule has 1 N–H and O–H groups in total. The highest BCUT2D eigenvalue weighted by Gasteiger charge is 2.21. The number of hydrogen-bond acceptors (Lipinski definition) is 5. The van der Waals surface area contributed by atoms with Gasteiger partial charge in [0.05, 0.1) is 11.9 Å². The van der Waals surface area contributed by atoms with Gasteiger partial charge in [-0.25, -0.2) is 28.1 Å². The van der Waals surface area contributed by atoms with Gasteiger partial charge in [0.1, 0.15) is 5.71 Å². The van der Waals surface area contributed by atoms with Crippen molar-refractivity contribution in [3.63, 3.8) is 0 Å². The van der Waals surface area contributed by atoms with Crippen molar-refractivity contribution in [2.45, 2.75) is 6.92 Å². The third-order valence-corrected chi connectivity index (χ3v) is 6.11. The van der Waals surface area contributed by atoms with E-state index in [1.807, 2.05) is 97.7 Å². The maximum absolute atomic E-state index is 11.3. The molecule has 8 heteroatoms. The maximum Gasteiger partial charge on any atom is 0.208 e. The molecule has 0 spiro atoms. The van der Waals surface area contributed by atoms with Crippen LogP contribution in [-0.4, -0.2) is 52.2 Å². The Bertz CT molecular complexity index is 1360. The number of nitrogens with zero attached hydrogens (tertiary/aromatic N) is 4. The molecule has 0 atom stereocenters. The van der Waals surface area contributed by atoms with Gasteiger partial charge in [-0.3, -0.25) is 0 Å². The average molecular weight is 474 g/mol. The van der Waals surface area contributed by atoms with E-state index < -0.39 is 10.0 Å². The first kappa shape index (κ1) is 23.5. The molecule has 174 valence electrons. The summed E-state index contributed by atoms with van der Waals surface area (Å²) in [6.45, 7) is 2.89. The Balaban J connectivity index is 1.62. The molecular weight excluding hydrogens is 446 g/mol. The Morgan fingerprint density at radius 3 is 2.18 bits per heavy atom. The highest BCUT2D eigenvalue weighted by Crippen LogP contribution is 2.26. The molecule has 0 saturated heterocycles. The van der Waals surface area contributed by atoms with Gasteiger partial charge < -0.3 is 4.90 Å². The van der Waals surface area contributed by atoms with E-state index in [0.717, 1.165) is 40.0 Å². The number of hydrogen-bond donors (Lipinski definition) is 1. The minimum Gasteiger partial charge on any atom is -0.373 e. The summed E-state index contributed by atoms with van der Waals surface area (Å²) in [5.41, 5.74) is 5.42. The lowest BCUT2D eigenvalue weighted by Crippen LogP contribution is -2.32. The molecule has 1 aliphatic heterocycles. The van der Waals surface area contributed by atoms with Gasteiger partial charge in [0.25, 0.3) is 0 Å². The first-order chi connectivity index (χ1) is 16.3. The number of likely N-dealkylation sites (N-methyl/N-ethyl adjacent to an activating group) is 1. The molecule has 0 aliphatic carbocycles.